The molecule has 0 saturated carbocycles. The van der Waals surface area contributed by atoms with Crippen molar-refractivity contribution in [2.24, 2.45) is 0 Å². The molecule has 0 bridgehead atoms. The summed E-state index contributed by atoms with van der Waals surface area (Å²) < 4.78 is 0. The van der Waals surface area contributed by atoms with E-state index in [2.05, 4.69) is 16.3 Å². The van der Waals surface area contributed by atoms with E-state index in [0.717, 1.165) is 19.4 Å². The zero-order valence-electron chi connectivity index (χ0n) is 9.43. The molecule has 1 aromatic rings. The lowest BCUT2D eigenvalue weighted by Crippen LogP contribution is -2.40. The van der Waals surface area contributed by atoms with E-state index >= 15 is 0 Å². The van der Waals surface area contributed by atoms with E-state index in [1.54, 1.807) is 11.3 Å². The average Bonchev–Trinajstić information content (AvgIpc) is 2.86. The molecular formula is C12H17NO2S. The standard InChI is InChI=1S/C12H17NO2S/c1-2-9(12(14)15)13-7-3-5-10(13)11-6-4-8-16-11/h4,6,8-10H,2-3,5,7H2,1H3,(H,14,15). The van der Waals surface area contributed by atoms with Crippen molar-refractivity contribution in [3.63, 3.8) is 0 Å². The molecule has 0 aromatic carbocycles. The second-order valence-corrected chi connectivity index (χ2v) is 5.15. The summed E-state index contributed by atoms with van der Waals surface area (Å²) in [6.07, 6.45) is 2.87. The fourth-order valence-corrected chi connectivity index (χ4v) is 3.38. The Morgan fingerprint density at radius 2 is 2.56 bits per heavy atom. The Labute approximate surface area is 99.7 Å². The summed E-state index contributed by atoms with van der Waals surface area (Å²) in [5, 5.41) is 11.3. The van der Waals surface area contributed by atoms with Crippen molar-refractivity contribution in [3.8, 4) is 0 Å². The molecule has 3 nitrogen and oxygen atoms in total. The average molecular weight is 239 g/mol. The fraction of sp³-hybridized carbons (Fsp3) is 0.583. The maximum absolute atomic E-state index is 11.2. The Balaban J connectivity index is 2.17. The highest BCUT2D eigenvalue weighted by molar-refractivity contribution is 7.10. The van der Waals surface area contributed by atoms with Gasteiger partial charge in [0.15, 0.2) is 0 Å². The zero-order valence-corrected chi connectivity index (χ0v) is 10.2. The van der Waals surface area contributed by atoms with Crippen LogP contribution in [0.5, 0.6) is 0 Å². The van der Waals surface area contributed by atoms with Gasteiger partial charge in [0, 0.05) is 10.9 Å². The van der Waals surface area contributed by atoms with Crippen molar-refractivity contribution < 1.29 is 9.90 Å². The number of hydrogen-bond acceptors (Lipinski definition) is 3. The Hall–Kier alpha value is -0.870. The second-order valence-electron chi connectivity index (χ2n) is 4.17. The van der Waals surface area contributed by atoms with Crippen molar-refractivity contribution in [2.45, 2.75) is 38.3 Å². The third kappa shape index (κ3) is 2.13. The molecule has 0 aliphatic carbocycles. The zero-order chi connectivity index (χ0) is 11.5. The first-order valence-corrected chi connectivity index (χ1v) is 6.64. The molecule has 1 aliphatic rings. The lowest BCUT2D eigenvalue weighted by molar-refractivity contribution is -0.143. The van der Waals surface area contributed by atoms with Gasteiger partial charge in [0.05, 0.1) is 0 Å². The van der Waals surface area contributed by atoms with Crippen LogP contribution < -0.4 is 0 Å². The summed E-state index contributed by atoms with van der Waals surface area (Å²) in [6, 6.07) is 4.15. The van der Waals surface area contributed by atoms with E-state index in [9.17, 15) is 9.90 Å². The molecule has 1 saturated heterocycles. The third-order valence-corrected chi connectivity index (χ3v) is 4.21. The van der Waals surface area contributed by atoms with E-state index in [1.165, 1.54) is 4.88 Å². The molecular weight excluding hydrogens is 222 g/mol. The van der Waals surface area contributed by atoms with Crippen LogP contribution in [0.4, 0.5) is 0 Å². The van der Waals surface area contributed by atoms with E-state index in [4.69, 9.17) is 0 Å². The van der Waals surface area contributed by atoms with Crippen LogP contribution >= 0.6 is 11.3 Å². The molecule has 0 radical (unpaired) electrons. The minimum absolute atomic E-state index is 0.320. The van der Waals surface area contributed by atoms with Gasteiger partial charge in [-0.3, -0.25) is 9.69 Å². The minimum atomic E-state index is -0.689. The van der Waals surface area contributed by atoms with E-state index < -0.39 is 5.97 Å². The number of carboxylic acid groups (broad SMARTS) is 1. The van der Waals surface area contributed by atoms with Gasteiger partial charge in [-0.1, -0.05) is 13.0 Å². The Kier molecular flexibility index (Phi) is 3.61. The van der Waals surface area contributed by atoms with Crippen molar-refractivity contribution in [3.05, 3.63) is 22.4 Å². The molecule has 0 spiro atoms. The first kappa shape index (κ1) is 11.6. The van der Waals surface area contributed by atoms with Gasteiger partial charge in [0.2, 0.25) is 0 Å². The van der Waals surface area contributed by atoms with Gasteiger partial charge in [-0.25, -0.2) is 0 Å². The SMILES string of the molecule is CCC(C(=O)O)N1CCCC1c1cccs1. The lowest BCUT2D eigenvalue weighted by atomic mass is 10.1. The molecule has 0 amide bonds. The second kappa shape index (κ2) is 4.97. The van der Waals surface area contributed by atoms with Crippen LogP contribution in [0.15, 0.2) is 17.5 Å². The Bertz CT molecular complexity index is 350. The molecule has 1 aromatic heterocycles. The van der Waals surface area contributed by atoms with E-state index in [1.807, 2.05) is 13.0 Å². The number of nitrogens with zero attached hydrogens (tertiary/aromatic N) is 1. The largest absolute Gasteiger partial charge is 0.480 e. The molecule has 4 heteroatoms. The van der Waals surface area contributed by atoms with Crippen molar-refractivity contribution >= 4 is 17.3 Å². The Morgan fingerprint density at radius 1 is 1.75 bits per heavy atom. The molecule has 2 rings (SSSR count). The molecule has 2 unspecified atom stereocenters. The smallest absolute Gasteiger partial charge is 0.320 e. The number of carbonyl (C=O) groups is 1. The highest BCUT2D eigenvalue weighted by atomic mass is 32.1. The number of hydrogen-bond donors (Lipinski definition) is 1. The van der Waals surface area contributed by atoms with Crippen LogP contribution in [-0.4, -0.2) is 28.6 Å². The minimum Gasteiger partial charge on any atom is -0.480 e. The van der Waals surface area contributed by atoms with Crippen LogP contribution in [0.3, 0.4) is 0 Å². The van der Waals surface area contributed by atoms with Crippen molar-refractivity contribution in [1.82, 2.24) is 4.90 Å². The number of rotatable bonds is 4. The summed E-state index contributed by atoms with van der Waals surface area (Å²) in [5.74, 6) is -0.689. The number of carboxylic acids is 1. The van der Waals surface area contributed by atoms with E-state index in [0.29, 0.717) is 12.5 Å². The first-order chi connectivity index (χ1) is 7.74. The molecule has 1 aliphatic heterocycles. The van der Waals surface area contributed by atoms with Crippen LogP contribution in [0.2, 0.25) is 0 Å². The van der Waals surface area contributed by atoms with Crippen LogP contribution in [0.25, 0.3) is 0 Å². The van der Waals surface area contributed by atoms with Gasteiger partial charge < -0.3 is 5.11 Å². The summed E-state index contributed by atoms with van der Waals surface area (Å²) in [7, 11) is 0. The number of aliphatic carboxylic acids is 1. The van der Waals surface area contributed by atoms with Gasteiger partial charge in [0.25, 0.3) is 0 Å². The van der Waals surface area contributed by atoms with Gasteiger partial charge in [-0.05, 0) is 37.3 Å². The lowest BCUT2D eigenvalue weighted by Gasteiger charge is -2.29. The van der Waals surface area contributed by atoms with Gasteiger partial charge in [0.1, 0.15) is 6.04 Å². The monoisotopic (exact) mass is 239 g/mol. The van der Waals surface area contributed by atoms with Crippen molar-refractivity contribution in [1.29, 1.82) is 0 Å². The molecule has 1 N–H and O–H groups in total. The molecule has 16 heavy (non-hydrogen) atoms. The molecule has 2 heterocycles. The Morgan fingerprint density at radius 3 is 3.12 bits per heavy atom. The fourth-order valence-electron chi connectivity index (χ4n) is 2.50. The molecule has 88 valence electrons. The summed E-state index contributed by atoms with van der Waals surface area (Å²) >= 11 is 1.73. The highest BCUT2D eigenvalue weighted by Gasteiger charge is 2.34. The maximum atomic E-state index is 11.2. The third-order valence-electron chi connectivity index (χ3n) is 3.24. The van der Waals surface area contributed by atoms with Crippen LogP contribution in [0.1, 0.15) is 37.1 Å². The first-order valence-electron chi connectivity index (χ1n) is 5.76. The van der Waals surface area contributed by atoms with E-state index in [-0.39, 0.29) is 6.04 Å². The normalized spacial score (nSPS) is 23.4. The van der Waals surface area contributed by atoms with Crippen molar-refractivity contribution in [2.75, 3.05) is 6.54 Å². The van der Waals surface area contributed by atoms with Gasteiger partial charge in [-0.2, -0.15) is 0 Å². The van der Waals surface area contributed by atoms with Gasteiger partial charge in [-0.15, -0.1) is 11.3 Å². The topological polar surface area (TPSA) is 40.5 Å². The highest BCUT2D eigenvalue weighted by Crippen LogP contribution is 2.36. The van der Waals surface area contributed by atoms with Crippen LogP contribution in [-0.2, 0) is 4.79 Å². The predicted octanol–water partition coefficient (Wildman–Crippen LogP) is 2.75. The summed E-state index contributed by atoms with van der Waals surface area (Å²) in [5.41, 5.74) is 0. The number of likely N-dealkylation sites (tertiary alicyclic amines) is 1. The van der Waals surface area contributed by atoms with Crippen LogP contribution in [0, 0.1) is 0 Å². The van der Waals surface area contributed by atoms with Gasteiger partial charge >= 0.3 is 5.97 Å². The number of thiophene rings is 1. The molecule has 1 fully saturated rings. The predicted molar refractivity (Wildman–Crippen MR) is 64.7 cm³/mol. The molecule has 2 atom stereocenters. The quantitative estimate of drug-likeness (QED) is 0.878. The summed E-state index contributed by atoms with van der Waals surface area (Å²) in [4.78, 5) is 14.6. The maximum Gasteiger partial charge on any atom is 0.320 e. The summed E-state index contributed by atoms with van der Waals surface area (Å²) in [6.45, 7) is 2.86.